The molecule has 0 aliphatic carbocycles. The zero-order valence-electron chi connectivity index (χ0n) is 18.1. The lowest BCUT2D eigenvalue weighted by Crippen LogP contribution is -2.38. The van der Waals surface area contributed by atoms with Gasteiger partial charge in [-0.15, -0.1) is 0 Å². The molecule has 12 heteroatoms. The molecular formula is C21H29Cl2N5O5. The second kappa shape index (κ2) is 14.6. The van der Waals surface area contributed by atoms with Crippen LogP contribution in [-0.2, 0) is 25.6 Å². The Balaban J connectivity index is 2.57. The predicted octanol–water partition coefficient (Wildman–Crippen LogP) is 1.39. The zero-order chi connectivity index (χ0) is 25.0. The number of nitrogens with zero attached hydrogens (tertiary/aromatic N) is 1. The molecular weight excluding hydrogens is 473 g/mol. The molecule has 0 bridgehead atoms. The summed E-state index contributed by atoms with van der Waals surface area (Å²) in [5.74, 6) is -4.47. The monoisotopic (exact) mass is 501 g/mol. The molecule has 0 saturated heterocycles. The van der Waals surface area contributed by atoms with Crippen LogP contribution in [-0.4, -0.2) is 47.2 Å². The number of hydrogen-bond donors (Lipinski definition) is 5. The number of rotatable bonds is 13. The normalized spacial score (nSPS) is 13.3. The first-order valence-corrected chi connectivity index (χ1v) is 11.1. The number of carboxylic acids is 1. The molecule has 1 aromatic carbocycles. The third kappa shape index (κ3) is 10.8. The molecule has 0 fully saturated rings. The molecule has 0 aliphatic heterocycles. The lowest BCUT2D eigenvalue weighted by Gasteiger charge is -2.14. The van der Waals surface area contributed by atoms with Crippen LogP contribution in [0.2, 0.25) is 10.0 Å². The summed E-state index contributed by atoms with van der Waals surface area (Å²) >= 11 is 12.0. The average molecular weight is 502 g/mol. The van der Waals surface area contributed by atoms with Crippen LogP contribution in [0, 0.1) is 5.92 Å². The minimum atomic E-state index is -1.22. The van der Waals surface area contributed by atoms with Crippen LogP contribution >= 0.6 is 23.2 Å². The van der Waals surface area contributed by atoms with Crippen molar-refractivity contribution in [3.63, 3.8) is 0 Å². The number of carbonyl (C=O) groups excluding carboxylic acids is 3. The fourth-order valence-electron chi connectivity index (χ4n) is 2.94. The van der Waals surface area contributed by atoms with Gasteiger partial charge in [-0.3, -0.25) is 24.5 Å². The van der Waals surface area contributed by atoms with E-state index in [1.54, 1.807) is 18.2 Å². The van der Waals surface area contributed by atoms with Gasteiger partial charge in [0.1, 0.15) is 5.78 Å². The summed E-state index contributed by atoms with van der Waals surface area (Å²) < 4.78 is 0. The summed E-state index contributed by atoms with van der Waals surface area (Å²) in [7, 11) is 0. The van der Waals surface area contributed by atoms with Gasteiger partial charge in [0.15, 0.2) is 0 Å². The molecule has 0 spiro atoms. The zero-order valence-corrected chi connectivity index (χ0v) is 19.6. The van der Waals surface area contributed by atoms with E-state index in [4.69, 9.17) is 40.4 Å². The van der Waals surface area contributed by atoms with Crippen LogP contribution in [0.3, 0.4) is 0 Å². The van der Waals surface area contributed by atoms with Crippen molar-refractivity contribution in [2.75, 3.05) is 6.54 Å². The number of amides is 2. The van der Waals surface area contributed by atoms with E-state index in [0.717, 1.165) is 6.42 Å². The number of guanidine groups is 1. The van der Waals surface area contributed by atoms with Gasteiger partial charge in [0.25, 0.3) is 0 Å². The van der Waals surface area contributed by atoms with Crippen molar-refractivity contribution < 1.29 is 24.3 Å². The Hall–Kier alpha value is -2.53. The van der Waals surface area contributed by atoms with E-state index in [1.807, 2.05) is 0 Å². The number of nitrogens with two attached hydrogens (primary N) is 3. The van der Waals surface area contributed by atoms with E-state index >= 15 is 0 Å². The van der Waals surface area contributed by atoms with E-state index in [9.17, 15) is 24.3 Å². The van der Waals surface area contributed by atoms with E-state index in [2.05, 4.69) is 10.3 Å². The summed E-state index contributed by atoms with van der Waals surface area (Å²) in [5, 5.41) is 12.2. The lowest BCUT2D eigenvalue weighted by molar-refractivity contribution is -0.144. The van der Waals surface area contributed by atoms with Crippen molar-refractivity contribution in [2.24, 2.45) is 28.1 Å². The first-order valence-electron chi connectivity index (χ1n) is 10.4. The summed E-state index contributed by atoms with van der Waals surface area (Å²) in [6.07, 6.45) is 0.927. The Kier molecular flexibility index (Phi) is 12.6. The molecule has 0 aliphatic rings. The highest BCUT2D eigenvalue weighted by Crippen LogP contribution is 2.24. The number of nitrogens with one attached hydrogen (secondary N) is 1. The van der Waals surface area contributed by atoms with E-state index in [0.29, 0.717) is 35.0 Å². The average Bonchev–Trinajstić information content (AvgIpc) is 2.73. The highest BCUT2D eigenvalue weighted by atomic mass is 35.5. The predicted molar refractivity (Wildman–Crippen MR) is 126 cm³/mol. The molecule has 1 aromatic rings. The molecule has 33 heavy (non-hydrogen) atoms. The summed E-state index contributed by atoms with van der Waals surface area (Å²) in [6, 6.07) is 4.01. The Morgan fingerprint density at radius 3 is 2.30 bits per heavy atom. The number of benzene rings is 1. The molecule has 0 heterocycles. The first-order chi connectivity index (χ1) is 15.5. The molecule has 2 atom stereocenters. The molecule has 8 N–H and O–H groups in total. The fourth-order valence-corrected chi connectivity index (χ4v) is 3.47. The van der Waals surface area contributed by atoms with Gasteiger partial charge in [-0.2, -0.15) is 4.99 Å². The molecule has 0 aromatic heterocycles. The molecule has 0 unspecified atom stereocenters. The van der Waals surface area contributed by atoms with E-state index < -0.39 is 35.7 Å². The number of aliphatic imine (C=N–C) groups is 1. The number of unbranched alkanes of at least 4 members (excludes halogenated alkanes) is 1. The largest absolute Gasteiger partial charge is 0.481 e. The highest BCUT2D eigenvalue weighted by molar-refractivity contribution is 6.36. The molecule has 182 valence electrons. The first kappa shape index (κ1) is 28.5. The highest BCUT2D eigenvalue weighted by Gasteiger charge is 2.25. The van der Waals surface area contributed by atoms with Crippen molar-refractivity contribution >= 4 is 52.7 Å². The second-order valence-electron chi connectivity index (χ2n) is 7.45. The van der Waals surface area contributed by atoms with E-state index in [-0.39, 0.29) is 31.5 Å². The molecule has 0 saturated carbocycles. The van der Waals surface area contributed by atoms with Gasteiger partial charge in [0.2, 0.25) is 17.8 Å². The molecule has 1 rings (SSSR count). The number of halogens is 2. The molecule has 10 nitrogen and oxygen atoms in total. The maximum atomic E-state index is 12.2. The SMILES string of the molecule is NCCCC[C@@H](N)C(=O)C[C@@H](CCC(=O)N=C(N)NC(=O)Cc1c(Cl)cccc1Cl)C(=O)O. The second-order valence-corrected chi connectivity index (χ2v) is 8.27. The topological polar surface area (TPSA) is 191 Å². The maximum absolute atomic E-state index is 12.2. The third-order valence-corrected chi connectivity index (χ3v) is 5.51. The van der Waals surface area contributed by atoms with E-state index in [1.165, 1.54) is 0 Å². The standard InChI is InChI=1S/C21H29Cl2N5O5/c22-14-4-3-5-15(23)13(14)11-19(31)28-21(26)27-18(30)8-7-12(20(32)33)10-17(29)16(25)6-1-2-9-24/h3-5,12,16H,1-2,6-11,24-25H2,(H,32,33)(H3,26,27,28,30,31)/t12-,16-/m1/s1. The van der Waals surface area contributed by atoms with Crippen molar-refractivity contribution in [1.29, 1.82) is 0 Å². The molecule has 2 amide bonds. The van der Waals surface area contributed by atoms with Gasteiger partial charge in [-0.1, -0.05) is 35.7 Å². The van der Waals surface area contributed by atoms with Gasteiger partial charge in [-0.25, -0.2) is 0 Å². The third-order valence-electron chi connectivity index (χ3n) is 4.80. The maximum Gasteiger partial charge on any atom is 0.306 e. The quantitative estimate of drug-likeness (QED) is 0.152. The van der Waals surface area contributed by atoms with Gasteiger partial charge >= 0.3 is 5.97 Å². The van der Waals surface area contributed by atoms with Gasteiger partial charge in [0.05, 0.1) is 18.4 Å². The van der Waals surface area contributed by atoms with Crippen molar-refractivity contribution in [3.8, 4) is 0 Å². The van der Waals surface area contributed by atoms with Crippen LogP contribution in [0.25, 0.3) is 0 Å². The number of Topliss-reactive ketones (excluding diaryl/α,β-unsaturated/α-hetero) is 1. The number of carboxylic acid groups (broad SMARTS) is 1. The number of carbonyl (C=O) groups is 4. The van der Waals surface area contributed by atoms with Gasteiger partial charge in [0, 0.05) is 22.9 Å². The van der Waals surface area contributed by atoms with Crippen LogP contribution < -0.4 is 22.5 Å². The van der Waals surface area contributed by atoms with Crippen LogP contribution in [0.1, 0.15) is 44.1 Å². The van der Waals surface area contributed by atoms with Crippen molar-refractivity contribution in [2.45, 2.75) is 51.0 Å². The summed E-state index contributed by atoms with van der Waals surface area (Å²) in [6.45, 7) is 0.485. The van der Waals surface area contributed by atoms with Gasteiger partial charge < -0.3 is 22.3 Å². The smallest absolute Gasteiger partial charge is 0.306 e. The Labute approximate surface area is 201 Å². The van der Waals surface area contributed by atoms with Crippen LogP contribution in [0.15, 0.2) is 23.2 Å². The Morgan fingerprint density at radius 1 is 1.09 bits per heavy atom. The molecule has 0 radical (unpaired) electrons. The number of hydrogen-bond acceptors (Lipinski definition) is 6. The fraction of sp³-hybridized carbons (Fsp3) is 0.476. The van der Waals surface area contributed by atoms with Crippen LogP contribution in [0.5, 0.6) is 0 Å². The van der Waals surface area contributed by atoms with Crippen LogP contribution in [0.4, 0.5) is 0 Å². The minimum absolute atomic E-state index is 0.130. The Bertz CT molecular complexity index is 874. The minimum Gasteiger partial charge on any atom is -0.481 e. The van der Waals surface area contributed by atoms with Crippen molar-refractivity contribution in [1.82, 2.24) is 5.32 Å². The van der Waals surface area contributed by atoms with Gasteiger partial charge in [-0.05, 0) is 43.5 Å². The Morgan fingerprint density at radius 2 is 1.73 bits per heavy atom. The number of aliphatic carboxylic acids is 1. The number of ketones is 1. The summed E-state index contributed by atoms with van der Waals surface area (Å²) in [4.78, 5) is 51.3. The van der Waals surface area contributed by atoms with Crippen molar-refractivity contribution in [3.05, 3.63) is 33.8 Å². The lowest BCUT2D eigenvalue weighted by atomic mass is 9.93. The summed E-state index contributed by atoms with van der Waals surface area (Å²) in [5.41, 5.74) is 17.2.